The summed E-state index contributed by atoms with van der Waals surface area (Å²) in [6, 6.07) is 8.01. The summed E-state index contributed by atoms with van der Waals surface area (Å²) in [5, 5.41) is 2.52. The number of rotatable bonds is 3. The zero-order valence-corrected chi connectivity index (χ0v) is 12.9. The summed E-state index contributed by atoms with van der Waals surface area (Å²) >= 11 is 6.76. The second-order valence-electron chi connectivity index (χ2n) is 4.95. The van der Waals surface area contributed by atoms with E-state index in [1.165, 1.54) is 23.5 Å². The number of aromatic amines is 1. The molecule has 6 heteroatoms. The Morgan fingerprint density at radius 3 is 2.76 bits per heavy atom. The number of fused-ring (bicyclic) bond motifs is 1. The van der Waals surface area contributed by atoms with Crippen LogP contribution in [0.2, 0.25) is 0 Å². The molecule has 0 aliphatic rings. The molecule has 1 atom stereocenters. The van der Waals surface area contributed by atoms with Gasteiger partial charge in [0.1, 0.15) is 10.6 Å². The first-order chi connectivity index (χ1) is 10.1. The SMILES string of the molecule is CC(Cc1ccc(F)cc1)n1c(=S)[nH]c2sccc2c1=O. The number of thiophene rings is 1. The monoisotopic (exact) mass is 320 g/mol. The highest BCUT2D eigenvalue weighted by molar-refractivity contribution is 7.71. The van der Waals surface area contributed by atoms with Crippen LogP contribution in [0.1, 0.15) is 18.5 Å². The van der Waals surface area contributed by atoms with Crippen molar-refractivity contribution in [1.29, 1.82) is 0 Å². The zero-order chi connectivity index (χ0) is 15.0. The van der Waals surface area contributed by atoms with E-state index in [2.05, 4.69) is 4.98 Å². The summed E-state index contributed by atoms with van der Waals surface area (Å²) in [6.45, 7) is 1.94. The van der Waals surface area contributed by atoms with E-state index in [1.54, 1.807) is 22.8 Å². The Morgan fingerprint density at radius 1 is 1.33 bits per heavy atom. The number of H-pyrrole nitrogens is 1. The molecule has 0 fully saturated rings. The molecule has 0 aliphatic heterocycles. The third-order valence-corrected chi connectivity index (χ3v) is 4.57. The van der Waals surface area contributed by atoms with Crippen LogP contribution in [0.5, 0.6) is 0 Å². The first-order valence-electron chi connectivity index (χ1n) is 6.52. The topological polar surface area (TPSA) is 37.8 Å². The highest BCUT2D eigenvalue weighted by Crippen LogP contribution is 2.18. The first-order valence-corrected chi connectivity index (χ1v) is 7.81. The lowest BCUT2D eigenvalue weighted by molar-refractivity contribution is 0.516. The molecule has 1 N–H and O–H groups in total. The maximum atomic E-state index is 12.9. The van der Waals surface area contributed by atoms with Crippen molar-refractivity contribution >= 4 is 33.8 Å². The van der Waals surface area contributed by atoms with E-state index < -0.39 is 0 Å². The van der Waals surface area contributed by atoms with E-state index in [-0.39, 0.29) is 17.4 Å². The molecule has 0 radical (unpaired) electrons. The van der Waals surface area contributed by atoms with E-state index in [0.29, 0.717) is 16.6 Å². The van der Waals surface area contributed by atoms with Crippen molar-refractivity contribution in [3.63, 3.8) is 0 Å². The molecule has 108 valence electrons. The van der Waals surface area contributed by atoms with Crippen molar-refractivity contribution in [3.05, 3.63) is 62.2 Å². The Hall–Kier alpha value is -1.79. The maximum Gasteiger partial charge on any atom is 0.263 e. The van der Waals surface area contributed by atoms with Crippen LogP contribution in [-0.2, 0) is 6.42 Å². The lowest BCUT2D eigenvalue weighted by Gasteiger charge is -2.15. The van der Waals surface area contributed by atoms with Crippen LogP contribution in [0.3, 0.4) is 0 Å². The minimum atomic E-state index is -0.263. The molecule has 0 amide bonds. The van der Waals surface area contributed by atoms with Crippen molar-refractivity contribution in [2.45, 2.75) is 19.4 Å². The molecule has 3 rings (SSSR count). The smallest absolute Gasteiger partial charge is 0.263 e. The summed E-state index contributed by atoms with van der Waals surface area (Å²) < 4.78 is 15.0. The number of hydrogen-bond acceptors (Lipinski definition) is 3. The Kier molecular flexibility index (Phi) is 3.73. The number of aromatic nitrogens is 2. The van der Waals surface area contributed by atoms with Gasteiger partial charge in [-0.2, -0.15) is 0 Å². The second-order valence-corrected chi connectivity index (χ2v) is 6.25. The van der Waals surface area contributed by atoms with Crippen molar-refractivity contribution in [3.8, 4) is 0 Å². The lowest BCUT2D eigenvalue weighted by Crippen LogP contribution is -2.25. The molecule has 21 heavy (non-hydrogen) atoms. The van der Waals surface area contributed by atoms with Crippen molar-refractivity contribution in [2.75, 3.05) is 0 Å². The molecule has 0 saturated heterocycles. The normalized spacial score (nSPS) is 12.7. The second kappa shape index (κ2) is 5.54. The van der Waals surface area contributed by atoms with Gasteiger partial charge in [0.05, 0.1) is 5.39 Å². The van der Waals surface area contributed by atoms with Crippen LogP contribution in [0.15, 0.2) is 40.5 Å². The highest BCUT2D eigenvalue weighted by atomic mass is 32.1. The van der Waals surface area contributed by atoms with Gasteiger partial charge in [0.2, 0.25) is 0 Å². The Labute approximate surface area is 129 Å². The molecule has 3 aromatic rings. The van der Waals surface area contributed by atoms with Gasteiger partial charge in [-0.25, -0.2) is 4.39 Å². The van der Waals surface area contributed by atoms with Crippen molar-refractivity contribution in [1.82, 2.24) is 9.55 Å². The van der Waals surface area contributed by atoms with E-state index in [9.17, 15) is 9.18 Å². The molecule has 0 bridgehead atoms. The van der Waals surface area contributed by atoms with Gasteiger partial charge >= 0.3 is 0 Å². The summed E-state index contributed by atoms with van der Waals surface area (Å²) in [4.78, 5) is 16.4. The van der Waals surface area contributed by atoms with E-state index >= 15 is 0 Å². The van der Waals surface area contributed by atoms with E-state index in [0.717, 1.165) is 10.4 Å². The van der Waals surface area contributed by atoms with Crippen LogP contribution >= 0.6 is 23.6 Å². The van der Waals surface area contributed by atoms with Gasteiger partial charge in [-0.05, 0) is 54.7 Å². The average molecular weight is 320 g/mol. The van der Waals surface area contributed by atoms with Gasteiger partial charge in [0.15, 0.2) is 4.77 Å². The van der Waals surface area contributed by atoms with Crippen LogP contribution in [0.4, 0.5) is 4.39 Å². The summed E-state index contributed by atoms with van der Waals surface area (Å²) in [5.41, 5.74) is 0.889. The fraction of sp³-hybridized carbons (Fsp3) is 0.200. The maximum absolute atomic E-state index is 12.9. The fourth-order valence-electron chi connectivity index (χ4n) is 2.41. The van der Waals surface area contributed by atoms with Gasteiger partial charge in [-0.3, -0.25) is 9.36 Å². The van der Waals surface area contributed by atoms with Gasteiger partial charge in [-0.15, -0.1) is 11.3 Å². The van der Waals surface area contributed by atoms with Gasteiger partial charge < -0.3 is 4.98 Å². The molecule has 2 aromatic heterocycles. The predicted octanol–water partition coefficient (Wildman–Crippen LogP) is 4.06. The Morgan fingerprint density at radius 2 is 2.05 bits per heavy atom. The summed E-state index contributed by atoms with van der Waals surface area (Å²) in [5.74, 6) is -0.263. The first kappa shape index (κ1) is 14.2. The number of nitrogens with one attached hydrogen (secondary N) is 1. The van der Waals surface area contributed by atoms with Gasteiger partial charge in [0, 0.05) is 6.04 Å². The quantitative estimate of drug-likeness (QED) is 0.739. The van der Waals surface area contributed by atoms with Gasteiger partial charge in [-0.1, -0.05) is 12.1 Å². The minimum absolute atomic E-state index is 0.0791. The molecule has 0 spiro atoms. The van der Waals surface area contributed by atoms with Crippen LogP contribution in [0, 0.1) is 10.6 Å². The molecule has 2 heterocycles. The number of nitrogens with zero attached hydrogens (tertiary/aromatic N) is 1. The molecule has 3 nitrogen and oxygen atoms in total. The molecule has 1 unspecified atom stereocenters. The molecular formula is C15H13FN2OS2. The standard InChI is InChI=1S/C15H13FN2OS2/c1-9(8-10-2-4-11(16)5-3-10)18-14(19)12-6-7-21-13(12)17-15(18)20/h2-7,9H,8H2,1H3,(H,17,20). The van der Waals surface area contributed by atoms with E-state index in [1.807, 2.05) is 12.3 Å². The van der Waals surface area contributed by atoms with Crippen molar-refractivity contribution in [2.24, 2.45) is 0 Å². The predicted molar refractivity (Wildman–Crippen MR) is 86.1 cm³/mol. The number of hydrogen-bond donors (Lipinski definition) is 1. The summed E-state index contributed by atoms with van der Waals surface area (Å²) in [6.07, 6.45) is 0.618. The lowest BCUT2D eigenvalue weighted by atomic mass is 10.1. The zero-order valence-electron chi connectivity index (χ0n) is 11.3. The number of benzene rings is 1. The molecular weight excluding hydrogens is 307 g/mol. The fourth-order valence-corrected chi connectivity index (χ4v) is 3.61. The largest absolute Gasteiger partial charge is 0.323 e. The van der Waals surface area contributed by atoms with Crippen LogP contribution < -0.4 is 5.56 Å². The molecule has 1 aromatic carbocycles. The molecule has 0 aliphatic carbocycles. The number of halogens is 1. The molecule has 0 saturated carbocycles. The third kappa shape index (κ3) is 2.69. The highest BCUT2D eigenvalue weighted by Gasteiger charge is 2.13. The van der Waals surface area contributed by atoms with Gasteiger partial charge in [0.25, 0.3) is 5.56 Å². The Balaban J connectivity index is 2.01. The summed E-state index contributed by atoms with van der Waals surface area (Å²) in [7, 11) is 0. The minimum Gasteiger partial charge on any atom is -0.323 e. The van der Waals surface area contributed by atoms with E-state index in [4.69, 9.17) is 12.2 Å². The third-order valence-electron chi connectivity index (χ3n) is 3.44. The Bertz CT molecular complexity index is 892. The van der Waals surface area contributed by atoms with Crippen molar-refractivity contribution < 1.29 is 4.39 Å². The average Bonchev–Trinajstić information content (AvgIpc) is 2.90. The van der Waals surface area contributed by atoms with Crippen LogP contribution in [-0.4, -0.2) is 9.55 Å². The van der Waals surface area contributed by atoms with Crippen LogP contribution in [0.25, 0.3) is 10.2 Å².